The van der Waals surface area contributed by atoms with Crippen LogP contribution >= 0.6 is 11.8 Å². The van der Waals surface area contributed by atoms with Crippen LogP contribution < -0.4 is 10.6 Å². The van der Waals surface area contributed by atoms with Crippen molar-refractivity contribution >= 4 is 22.8 Å². The molecule has 2 heterocycles. The molecule has 2 saturated heterocycles. The minimum atomic E-state index is 0.165. The van der Waals surface area contributed by atoms with Crippen LogP contribution in [0, 0.1) is 0 Å². The predicted octanol–water partition coefficient (Wildman–Crippen LogP) is 1.52. The van der Waals surface area contributed by atoms with Crippen molar-refractivity contribution in [2.45, 2.75) is 51.1 Å². The van der Waals surface area contributed by atoms with Gasteiger partial charge in [0, 0.05) is 23.8 Å². The first-order valence-corrected chi connectivity index (χ1v) is 7.41. The zero-order valence-corrected chi connectivity index (χ0v) is 11.4. The Hall–Kier alpha value is -0.710. The summed E-state index contributed by atoms with van der Waals surface area (Å²) in [5.74, 6) is 1.27. The van der Waals surface area contributed by atoms with Gasteiger partial charge in [-0.15, -0.1) is 0 Å². The highest BCUT2D eigenvalue weighted by atomic mass is 32.2. The van der Waals surface area contributed by atoms with E-state index in [0.29, 0.717) is 13.0 Å². The van der Waals surface area contributed by atoms with Gasteiger partial charge in [-0.2, -0.15) is 0 Å². The third kappa shape index (κ3) is 2.94. The van der Waals surface area contributed by atoms with Gasteiger partial charge in [0.25, 0.3) is 0 Å². The summed E-state index contributed by atoms with van der Waals surface area (Å²) in [5, 5.41) is 7.53. The largest absolute Gasteiger partial charge is 0.359 e. The average Bonchev–Trinajstić information content (AvgIpc) is 2.93. The van der Waals surface area contributed by atoms with Gasteiger partial charge in [0.05, 0.1) is 6.54 Å². The van der Waals surface area contributed by atoms with Crippen LogP contribution in [0.5, 0.6) is 0 Å². The Bertz CT molecular complexity index is 326. The maximum absolute atomic E-state index is 11.1. The van der Waals surface area contributed by atoms with Crippen molar-refractivity contribution in [3.63, 3.8) is 0 Å². The number of hydrogen-bond acceptors (Lipinski definition) is 3. The van der Waals surface area contributed by atoms with Crippen molar-refractivity contribution in [1.82, 2.24) is 10.6 Å². The quantitative estimate of drug-likeness (QED) is 0.801. The van der Waals surface area contributed by atoms with E-state index >= 15 is 0 Å². The van der Waals surface area contributed by atoms with E-state index in [1.165, 1.54) is 0 Å². The highest BCUT2D eigenvalue weighted by Crippen LogP contribution is 2.28. The molecule has 2 aliphatic rings. The van der Waals surface area contributed by atoms with Crippen molar-refractivity contribution in [1.29, 1.82) is 0 Å². The Balaban J connectivity index is 1.85. The van der Waals surface area contributed by atoms with E-state index in [2.05, 4.69) is 29.5 Å². The first-order chi connectivity index (χ1) is 8.17. The van der Waals surface area contributed by atoms with Gasteiger partial charge >= 0.3 is 0 Å². The number of rotatable bonds is 4. The first-order valence-electron chi connectivity index (χ1n) is 6.42. The van der Waals surface area contributed by atoms with E-state index in [-0.39, 0.29) is 17.5 Å². The van der Waals surface area contributed by atoms with Gasteiger partial charge in [-0.25, -0.2) is 0 Å². The molecule has 96 valence electrons. The molecule has 0 aromatic heterocycles. The Morgan fingerprint density at radius 1 is 1.47 bits per heavy atom. The van der Waals surface area contributed by atoms with Gasteiger partial charge in [0.15, 0.2) is 5.17 Å². The molecular weight excluding hydrogens is 234 g/mol. The number of nitrogens with one attached hydrogen (secondary N) is 2. The fourth-order valence-electron chi connectivity index (χ4n) is 2.23. The summed E-state index contributed by atoms with van der Waals surface area (Å²) in [6.45, 7) is 5.15. The Kier molecular flexibility index (Phi) is 3.97. The molecule has 2 N–H and O–H groups in total. The molecule has 1 amide bonds. The number of hydrogen-bond donors (Lipinski definition) is 2. The van der Waals surface area contributed by atoms with E-state index in [9.17, 15) is 4.79 Å². The topological polar surface area (TPSA) is 53.5 Å². The summed E-state index contributed by atoms with van der Waals surface area (Å²) in [5.41, 5.74) is 0.239. The van der Waals surface area contributed by atoms with Crippen LogP contribution in [-0.4, -0.2) is 35.0 Å². The molecular formula is C12H21N3OS. The highest BCUT2D eigenvalue weighted by molar-refractivity contribution is 8.14. The van der Waals surface area contributed by atoms with Crippen LogP contribution in [-0.2, 0) is 4.79 Å². The van der Waals surface area contributed by atoms with Crippen LogP contribution in [0.4, 0.5) is 0 Å². The number of nitrogens with zero attached hydrogens (tertiary/aromatic N) is 1. The molecule has 0 aromatic carbocycles. The lowest BCUT2D eigenvalue weighted by Gasteiger charge is -2.25. The standard InChI is InChI=1S/C12H21N3OS/c1-3-12(4-2)8-17-11(15-12)13-7-9-5-6-10(16)14-9/h9H,3-8H2,1-2H3,(H,13,15)(H,14,16). The van der Waals surface area contributed by atoms with Crippen LogP contribution in [0.2, 0.25) is 0 Å². The second-order valence-corrected chi connectivity index (χ2v) is 5.81. The zero-order valence-electron chi connectivity index (χ0n) is 10.6. The van der Waals surface area contributed by atoms with Gasteiger partial charge in [0.2, 0.25) is 5.91 Å². The van der Waals surface area contributed by atoms with Crippen LogP contribution in [0.15, 0.2) is 4.99 Å². The molecule has 2 aliphatic heterocycles. The van der Waals surface area contributed by atoms with Crippen molar-refractivity contribution in [2.75, 3.05) is 12.3 Å². The van der Waals surface area contributed by atoms with Gasteiger partial charge in [-0.1, -0.05) is 25.6 Å². The second kappa shape index (κ2) is 5.29. The summed E-state index contributed by atoms with van der Waals surface area (Å²) >= 11 is 1.81. The molecule has 0 radical (unpaired) electrons. The molecule has 0 spiro atoms. The van der Waals surface area contributed by atoms with Crippen molar-refractivity contribution in [3.05, 3.63) is 0 Å². The van der Waals surface area contributed by atoms with Gasteiger partial charge in [0.1, 0.15) is 0 Å². The lowest BCUT2D eigenvalue weighted by Crippen LogP contribution is -2.42. The monoisotopic (exact) mass is 255 g/mol. The van der Waals surface area contributed by atoms with E-state index in [0.717, 1.165) is 30.2 Å². The molecule has 0 aromatic rings. The third-order valence-corrected chi connectivity index (χ3v) is 4.95. The maximum Gasteiger partial charge on any atom is 0.220 e. The second-order valence-electron chi connectivity index (χ2n) is 4.85. The molecule has 5 heteroatoms. The van der Waals surface area contributed by atoms with E-state index in [1.54, 1.807) is 0 Å². The fourth-order valence-corrected chi connectivity index (χ4v) is 3.58. The number of thioether (sulfide) groups is 1. The first kappa shape index (κ1) is 12.7. The number of aliphatic imine (C=N–C) groups is 1. The third-order valence-electron chi connectivity index (χ3n) is 3.75. The highest BCUT2D eigenvalue weighted by Gasteiger charge is 2.33. The number of carbonyl (C=O) groups excluding carboxylic acids is 1. The summed E-state index contributed by atoms with van der Waals surface area (Å²) in [4.78, 5) is 15.6. The van der Waals surface area contributed by atoms with E-state index in [4.69, 9.17) is 0 Å². The van der Waals surface area contributed by atoms with Crippen LogP contribution in [0.25, 0.3) is 0 Å². The molecule has 0 saturated carbocycles. The van der Waals surface area contributed by atoms with Crippen molar-refractivity contribution in [2.24, 2.45) is 4.99 Å². The minimum absolute atomic E-state index is 0.165. The molecule has 4 nitrogen and oxygen atoms in total. The van der Waals surface area contributed by atoms with Crippen LogP contribution in [0.3, 0.4) is 0 Å². The summed E-state index contributed by atoms with van der Waals surface area (Å²) in [7, 11) is 0. The van der Waals surface area contributed by atoms with Crippen molar-refractivity contribution < 1.29 is 4.79 Å². The van der Waals surface area contributed by atoms with Gasteiger partial charge in [-0.3, -0.25) is 9.79 Å². The molecule has 1 atom stereocenters. The van der Waals surface area contributed by atoms with E-state index < -0.39 is 0 Å². The number of carbonyl (C=O) groups is 1. The number of amidine groups is 1. The van der Waals surface area contributed by atoms with Gasteiger partial charge in [-0.05, 0) is 19.3 Å². The molecule has 0 aliphatic carbocycles. The Labute approximate surface area is 107 Å². The Morgan fingerprint density at radius 3 is 2.76 bits per heavy atom. The smallest absolute Gasteiger partial charge is 0.220 e. The maximum atomic E-state index is 11.1. The fraction of sp³-hybridized carbons (Fsp3) is 0.833. The van der Waals surface area contributed by atoms with Crippen molar-refractivity contribution in [3.8, 4) is 0 Å². The summed E-state index contributed by atoms with van der Waals surface area (Å²) in [6.07, 6.45) is 3.85. The molecule has 2 rings (SSSR count). The SMILES string of the molecule is CCC1(CC)CSC(=NCC2CCC(=O)N2)N1. The molecule has 0 bridgehead atoms. The van der Waals surface area contributed by atoms with Gasteiger partial charge < -0.3 is 10.6 Å². The molecule has 1 unspecified atom stereocenters. The summed E-state index contributed by atoms with van der Waals surface area (Å²) in [6, 6.07) is 0.246. The zero-order chi connectivity index (χ0) is 12.3. The molecule has 2 fully saturated rings. The predicted molar refractivity (Wildman–Crippen MR) is 72.4 cm³/mol. The van der Waals surface area contributed by atoms with E-state index in [1.807, 2.05) is 11.8 Å². The Morgan fingerprint density at radius 2 is 2.24 bits per heavy atom. The molecule has 17 heavy (non-hydrogen) atoms. The normalized spacial score (nSPS) is 29.4. The summed E-state index contributed by atoms with van der Waals surface area (Å²) < 4.78 is 0. The lowest BCUT2D eigenvalue weighted by atomic mass is 9.96. The lowest BCUT2D eigenvalue weighted by molar-refractivity contribution is -0.119. The average molecular weight is 255 g/mol. The van der Waals surface area contributed by atoms with Crippen LogP contribution in [0.1, 0.15) is 39.5 Å². The minimum Gasteiger partial charge on any atom is -0.359 e. The number of amides is 1.